The summed E-state index contributed by atoms with van der Waals surface area (Å²) in [5.41, 5.74) is 9.41. The Balaban J connectivity index is 0.000000149. The Morgan fingerprint density at radius 1 is 0.530 bits per heavy atom. The Morgan fingerprint density at radius 3 is 1.40 bits per heavy atom. The Labute approximate surface area is 605 Å². The van der Waals surface area contributed by atoms with E-state index in [2.05, 4.69) is 81.3 Å². The number of rotatable bonds is 9. The third-order valence-electron chi connectivity index (χ3n) is 15.6. The number of fused-ring (bicyclic) bond motifs is 6. The predicted molar refractivity (Wildman–Crippen MR) is 406 cm³/mol. The minimum atomic E-state index is -0.984. The summed E-state index contributed by atoms with van der Waals surface area (Å²) < 4.78 is 16.6. The van der Waals surface area contributed by atoms with Crippen LogP contribution in [0.4, 0.5) is 41.7 Å². The largest absolute Gasteiger partial charge is 0.478 e. The fourth-order valence-electron chi connectivity index (χ4n) is 10.7. The lowest BCUT2D eigenvalue weighted by molar-refractivity contribution is -0.380. The summed E-state index contributed by atoms with van der Waals surface area (Å²) in [6, 6.07) is 45.5. The first kappa shape index (κ1) is 73.0. The van der Waals surface area contributed by atoms with E-state index in [1.807, 2.05) is 145 Å². The number of piperazine rings is 2. The van der Waals surface area contributed by atoms with Gasteiger partial charge < -0.3 is 39.9 Å². The number of amides is 2. The molecule has 2 fully saturated rings. The van der Waals surface area contributed by atoms with Gasteiger partial charge in [-0.15, -0.1) is 11.3 Å². The molecule has 12 aromatic rings. The summed E-state index contributed by atoms with van der Waals surface area (Å²) in [4.78, 5) is 96.8. The van der Waals surface area contributed by atoms with E-state index in [4.69, 9.17) is 20.3 Å². The smallest absolute Gasteiger partial charge is 0.410 e. The van der Waals surface area contributed by atoms with Gasteiger partial charge in [-0.2, -0.15) is 0 Å². The SMILES string of the molecule is Brc1csc2ccccc12.CC(C)(C)OC(=O)N1CCN(c2ccc3cc(C(=O)Cc4c([N+](=O)[O-])sc5ccccc45)cnc3c2)CC1.CC(C)(C)OC(=O)N1CCN(c2ccc3cc(C(=O)O)cnc3c2)CC1.Nc1c([N+](=O)[O-])sc2ccccc12.O=[N+]([O-])c1sc2ccccc2c1Br. The van der Waals surface area contributed by atoms with Crippen LogP contribution in [0.1, 0.15) is 67.8 Å². The fourth-order valence-corrected chi connectivity index (χ4v) is 16.1. The number of halogens is 2. The van der Waals surface area contributed by atoms with Gasteiger partial charge in [0.2, 0.25) is 0 Å². The zero-order chi connectivity index (χ0) is 71.7. The van der Waals surface area contributed by atoms with Crippen LogP contribution in [0, 0.1) is 30.3 Å². The lowest BCUT2D eigenvalue weighted by atomic mass is 10.0. The number of anilines is 3. The van der Waals surface area contributed by atoms with Gasteiger partial charge in [0.05, 0.1) is 36.9 Å². The molecule has 8 heterocycles. The molecule has 0 atom stereocenters. The maximum atomic E-state index is 13.2. The van der Waals surface area contributed by atoms with Crippen LogP contribution in [-0.4, -0.2) is 127 Å². The van der Waals surface area contributed by atoms with Gasteiger partial charge in [-0.05, 0) is 134 Å². The summed E-state index contributed by atoms with van der Waals surface area (Å²) in [7, 11) is 0. The Hall–Kier alpha value is -9.78. The van der Waals surface area contributed by atoms with Crippen molar-refractivity contribution in [2.24, 2.45) is 0 Å². The van der Waals surface area contributed by atoms with Crippen LogP contribution >= 0.6 is 77.2 Å². The summed E-state index contributed by atoms with van der Waals surface area (Å²) in [6.07, 6.45) is 2.27. The van der Waals surface area contributed by atoms with Gasteiger partial charge in [-0.3, -0.25) is 45.1 Å². The van der Waals surface area contributed by atoms with E-state index < -0.39 is 27.0 Å². The first-order valence-corrected chi connectivity index (χ1v) is 36.0. The number of Topliss-reactive ketones (excluding diaryl/α,β-unsaturated/α-hetero) is 1. The molecule has 6 aromatic heterocycles. The number of nitrogen functional groups attached to an aromatic ring is 1. The number of nitrogens with zero attached hydrogens (tertiary/aromatic N) is 9. The van der Waals surface area contributed by atoms with Gasteiger partial charge in [0, 0.05) is 149 Å². The van der Waals surface area contributed by atoms with Gasteiger partial charge >= 0.3 is 33.2 Å². The molecule has 14 rings (SSSR count). The molecule has 0 spiro atoms. The number of benzene rings is 6. The number of carbonyl (C=O) groups excluding carboxylic acids is 3. The van der Waals surface area contributed by atoms with Crippen LogP contribution in [-0.2, 0) is 15.9 Å². The van der Waals surface area contributed by atoms with Gasteiger partial charge in [-0.1, -0.05) is 119 Å². The summed E-state index contributed by atoms with van der Waals surface area (Å²) in [5.74, 6) is -1.20. The Bertz CT molecular complexity index is 4980. The minimum absolute atomic E-state index is 0.00436. The molecule has 0 saturated carbocycles. The lowest BCUT2D eigenvalue weighted by Crippen LogP contribution is -2.50. The number of ether oxygens (including phenoxy) is 2. The number of nitro groups is 3. The predicted octanol–water partition coefficient (Wildman–Crippen LogP) is 18.5. The molecule has 0 bridgehead atoms. The minimum Gasteiger partial charge on any atom is -0.478 e. The molecule has 6 aromatic carbocycles. The molecule has 2 amide bonds. The fraction of sp³-hybridized carbons (Fsp3) is 0.239. The van der Waals surface area contributed by atoms with Gasteiger partial charge in [-0.25, -0.2) is 14.4 Å². The van der Waals surface area contributed by atoms with Crippen LogP contribution in [0.3, 0.4) is 0 Å². The first-order valence-electron chi connectivity index (χ1n) is 31.1. The zero-order valence-corrected chi connectivity index (χ0v) is 61.2. The maximum absolute atomic E-state index is 13.2. The highest BCUT2D eigenvalue weighted by molar-refractivity contribution is 9.11. The maximum Gasteiger partial charge on any atom is 0.410 e. The van der Waals surface area contributed by atoms with Crippen LogP contribution in [0.2, 0.25) is 0 Å². The standard InChI is InChI=1S/C28H28N4O5S.C19H23N3O4.C8H4BrNO2S.C8H5BrS.C8H6N2O2S/c1-28(2,3)37-27(34)31-12-10-30(11-13-31)20-9-8-18-14-19(17-29-23(18)15-20)24(33)16-22-21-6-4-5-7-25(21)38-26(22)32(35)36;1-19(2,3)26-18(25)22-8-6-21(7-9-22)15-5-4-13-10-14(17(23)24)12-20-16(13)11-15;9-7-5-3-1-2-4-6(5)13-8(7)10(11)12;9-7-5-10-8-4-2-1-3-6(7)8;9-7-5-3-1-2-4-6(5)13-8(7)10(11)12/h4-9,14-15,17H,10-13,16H2,1-3H3;4-5,10-12H,6-9H2,1-3H3,(H,23,24);1-4H;1-5H;1-4H,9H2. The van der Waals surface area contributed by atoms with Crippen LogP contribution in [0.25, 0.3) is 62.2 Å². The monoisotopic (exact) mass is 1550 g/mol. The third kappa shape index (κ3) is 18.0. The second-order valence-electron chi connectivity index (χ2n) is 24.8. The number of thiophene rings is 4. The molecular weight excluding hydrogens is 1490 g/mol. The van der Waals surface area contributed by atoms with Crippen LogP contribution in [0.5, 0.6) is 0 Å². The summed E-state index contributed by atoms with van der Waals surface area (Å²) in [6.45, 7) is 16.2. The summed E-state index contributed by atoms with van der Waals surface area (Å²) >= 11 is 11.8. The topological polar surface area (TPSA) is 301 Å². The molecule has 0 radical (unpaired) electrons. The van der Waals surface area contributed by atoms with Gasteiger partial charge in [0.25, 0.3) is 0 Å². The second kappa shape index (κ2) is 31.6. The average Bonchev–Trinajstić information content (AvgIpc) is 1.42. The van der Waals surface area contributed by atoms with E-state index in [-0.39, 0.29) is 55.6 Å². The van der Waals surface area contributed by atoms with Crippen molar-refractivity contribution in [2.75, 3.05) is 67.9 Å². The average molecular weight is 1560 g/mol. The van der Waals surface area contributed by atoms with Crippen molar-refractivity contribution in [3.05, 3.63) is 219 Å². The van der Waals surface area contributed by atoms with Gasteiger partial charge in [0.1, 0.15) is 21.4 Å². The molecule has 100 heavy (non-hydrogen) atoms. The number of pyridine rings is 2. The molecule has 516 valence electrons. The molecule has 23 nitrogen and oxygen atoms in total. The highest BCUT2D eigenvalue weighted by atomic mass is 79.9. The van der Waals surface area contributed by atoms with E-state index in [9.17, 15) is 49.5 Å². The Kier molecular flexibility index (Phi) is 23.1. The van der Waals surface area contributed by atoms with Crippen LogP contribution in [0.15, 0.2) is 172 Å². The van der Waals surface area contributed by atoms with E-state index in [1.165, 1.54) is 38.3 Å². The third-order valence-corrected chi connectivity index (χ3v) is 22.0. The zero-order valence-electron chi connectivity index (χ0n) is 54.8. The number of hydrogen-bond acceptors (Lipinski definition) is 21. The molecule has 2 aliphatic rings. The molecule has 2 saturated heterocycles. The number of carboxylic acids is 1. The van der Waals surface area contributed by atoms with Crippen molar-refractivity contribution < 1.29 is 48.5 Å². The number of aromatic carboxylic acids is 1. The molecular formula is C71H66Br2N10O13S4. The Morgan fingerprint density at radius 2 is 0.940 bits per heavy atom. The van der Waals surface area contributed by atoms with Gasteiger partial charge in [0.15, 0.2) is 5.78 Å². The second-order valence-corrected chi connectivity index (χ2v) is 30.4. The highest BCUT2D eigenvalue weighted by Gasteiger charge is 2.29. The van der Waals surface area contributed by atoms with E-state index in [1.54, 1.807) is 39.3 Å². The number of ketones is 1. The van der Waals surface area contributed by atoms with E-state index in [0.717, 1.165) is 86.1 Å². The molecule has 0 unspecified atom stereocenters. The number of carbonyl (C=O) groups is 4. The van der Waals surface area contributed by atoms with Crippen molar-refractivity contribution >= 4 is 195 Å². The molecule has 29 heteroatoms. The normalized spacial score (nSPS) is 13.1. The number of hydrogen-bond donors (Lipinski definition) is 2. The van der Waals surface area contributed by atoms with E-state index in [0.29, 0.717) is 68.0 Å². The van der Waals surface area contributed by atoms with Crippen molar-refractivity contribution in [1.29, 1.82) is 0 Å². The summed E-state index contributed by atoms with van der Waals surface area (Å²) in [5, 5.41) is 49.4. The van der Waals surface area contributed by atoms with Crippen molar-refractivity contribution in [1.82, 2.24) is 19.8 Å². The number of carboxylic acid groups (broad SMARTS) is 1. The first-order chi connectivity index (χ1) is 47.6. The van der Waals surface area contributed by atoms with Crippen molar-refractivity contribution in [3.8, 4) is 0 Å². The quantitative estimate of drug-likeness (QED) is 0.0770. The van der Waals surface area contributed by atoms with Crippen molar-refractivity contribution in [3.63, 3.8) is 0 Å². The van der Waals surface area contributed by atoms with Crippen molar-refractivity contribution in [2.45, 2.75) is 59.2 Å². The van der Waals surface area contributed by atoms with Crippen LogP contribution < -0.4 is 15.5 Å². The molecule has 2 aliphatic heterocycles. The highest BCUT2D eigenvalue weighted by Crippen LogP contribution is 2.42. The number of aromatic nitrogens is 2. The molecule has 3 N–H and O–H groups in total. The lowest BCUT2D eigenvalue weighted by Gasteiger charge is -2.36. The van der Waals surface area contributed by atoms with E-state index >= 15 is 0 Å². The molecule has 0 aliphatic carbocycles. The number of nitrogens with two attached hydrogens (primary N) is 1.